The molecule has 32 heavy (non-hydrogen) atoms. The van der Waals surface area contributed by atoms with Crippen LogP contribution in [-0.4, -0.2) is 53.7 Å². The second-order valence-corrected chi connectivity index (χ2v) is 9.49. The van der Waals surface area contributed by atoms with Crippen molar-refractivity contribution in [2.24, 2.45) is 0 Å². The molecule has 7 nitrogen and oxygen atoms in total. The second-order valence-electron chi connectivity index (χ2n) is 9.49. The van der Waals surface area contributed by atoms with Gasteiger partial charge in [0.15, 0.2) is 0 Å². The average molecular weight is 438 g/mol. The quantitative estimate of drug-likeness (QED) is 0.710. The second kappa shape index (κ2) is 8.81. The maximum atomic E-state index is 12.3. The Kier molecular flexibility index (Phi) is 6.09. The number of nitrogens with zero attached hydrogens (tertiary/aromatic N) is 3. The Bertz CT molecular complexity index is 1010. The molecule has 0 unspecified atom stereocenters. The van der Waals surface area contributed by atoms with Crippen molar-refractivity contribution < 1.29 is 19.1 Å². The van der Waals surface area contributed by atoms with Crippen LogP contribution >= 0.6 is 0 Å². The third kappa shape index (κ3) is 5.03. The summed E-state index contributed by atoms with van der Waals surface area (Å²) in [6.07, 6.45) is 6.13. The number of hydrogen-bond acceptors (Lipinski definition) is 5. The van der Waals surface area contributed by atoms with E-state index in [1.165, 1.54) is 5.56 Å². The molecule has 2 aromatic rings. The molecule has 2 aliphatic heterocycles. The van der Waals surface area contributed by atoms with E-state index in [0.29, 0.717) is 19.5 Å². The Morgan fingerprint density at radius 1 is 1.06 bits per heavy atom. The smallest absolute Gasteiger partial charge is 0.410 e. The van der Waals surface area contributed by atoms with Crippen LogP contribution in [0.2, 0.25) is 0 Å². The van der Waals surface area contributed by atoms with E-state index < -0.39 is 5.60 Å². The molecule has 3 heterocycles. The lowest BCUT2D eigenvalue weighted by atomic mass is 9.97. The van der Waals surface area contributed by atoms with Gasteiger partial charge < -0.3 is 19.3 Å². The van der Waals surface area contributed by atoms with Gasteiger partial charge in [-0.25, -0.2) is 4.79 Å². The summed E-state index contributed by atoms with van der Waals surface area (Å²) in [6.45, 7) is 6.86. The van der Waals surface area contributed by atoms with Gasteiger partial charge in [0.2, 0.25) is 5.91 Å². The molecule has 2 aliphatic rings. The lowest BCUT2D eigenvalue weighted by molar-refractivity contribution is -0.118. The van der Waals surface area contributed by atoms with Crippen LogP contribution in [-0.2, 0) is 16.0 Å². The van der Waals surface area contributed by atoms with Gasteiger partial charge in [0.1, 0.15) is 17.5 Å². The van der Waals surface area contributed by atoms with Crippen molar-refractivity contribution in [3.05, 3.63) is 42.2 Å². The molecule has 170 valence electrons. The highest BCUT2D eigenvalue weighted by molar-refractivity contribution is 5.96. The van der Waals surface area contributed by atoms with Crippen LogP contribution in [0.15, 0.2) is 36.7 Å². The molecule has 1 fully saturated rings. The number of aromatic nitrogens is 1. The van der Waals surface area contributed by atoms with Crippen molar-refractivity contribution in [1.82, 2.24) is 9.88 Å². The summed E-state index contributed by atoms with van der Waals surface area (Å²) < 4.78 is 11.7. The molecular weight excluding hydrogens is 406 g/mol. The number of ether oxygens (including phenoxy) is 2. The van der Waals surface area contributed by atoms with Gasteiger partial charge in [-0.3, -0.25) is 9.78 Å². The predicted molar refractivity (Wildman–Crippen MR) is 123 cm³/mol. The van der Waals surface area contributed by atoms with E-state index in [1.54, 1.807) is 16.0 Å². The number of piperidine rings is 1. The standard InChI is InChI=1S/C25H31N3O4/c1-25(2,3)32-24(30)28-11-9-20(10-12-28)31-21-14-19(15-26-16-21)17-5-7-22-18(13-17)6-8-23(29)27(22)4/h5,7,13-16,20H,6,8-12H2,1-4H3. The third-order valence-corrected chi connectivity index (χ3v) is 5.87. The maximum Gasteiger partial charge on any atom is 0.410 e. The maximum absolute atomic E-state index is 12.3. The zero-order valence-corrected chi connectivity index (χ0v) is 19.3. The summed E-state index contributed by atoms with van der Waals surface area (Å²) in [5.41, 5.74) is 3.70. The summed E-state index contributed by atoms with van der Waals surface area (Å²) in [7, 11) is 1.82. The summed E-state index contributed by atoms with van der Waals surface area (Å²) in [6, 6.07) is 8.17. The van der Waals surface area contributed by atoms with Crippen molar-refractivity contribution in [1.29, 1.82) is 0 Å². The number of rotatable bonds is 3. The number of aryl methyl sites for hydroxylation is 1. The van der Waals surface area contributed by atoms with E-state index >= 15 is 0 Å². The molecule has 0 spiro atoms. The Hall–Kier alpha value is -3.09. The predicted octanol–water partition coefficient (Wildman–Crippen LogP) is 4.44. The van der Waals surface area contributed by atoms with Crippen molar-refractivity contribution in [3.63, 3.8) is 0 Å². The number of carbonyl (C=O) groups excluding carboxylic acids is 2. The Morgan fingerprint density at radius 2 is 1.81 bits per heavy atom. The average Bonchev–Trinajstić information content (AvgIpc) is 2.76. The first-order valence-corrected chi connectivity index (χ1v) is 11.2. The van der Waals surface area contributed by atoms with E-state index in [9.17, 15) is 9.59 Å². The third-order valence-electron chi connectivity index (χ3n) is 5.87. The van der Waals surface area contributed by atoms with Crippen molar-refractivity contribution in [2.45, 2.75) is 58.2 Å². The molecule has 0 radical (unpaired) electrons. The minimum absolute atomic E-state index is 0.0360. The van der Waals surface area contributed by atoms with Gasteiger partial charge in [0.25, 0.3) is 0 Å². The van der Waals surface area contributed by atoms with Crippen LogP contribution in [0, 0.1) is 0 Å². The number of carbonyl (C=O) groups is 2. The largest absolute Gasteiger partial charge is 0.489 e. The monoisotopic (exact) mass is 437 g/mol. The highest BCUT2D eigenvalue weighted by Crippen LogP contribution is 2.32. The van der Waals surface area contributed by atoms with Gasteiger partial charge >= 0.3 is 6.09 Å². The van der Waals surface area contributed by atoms with Crippen LogP contribution in [0.3, 0.4) is 0 Å². The molecule has 7 heteroatoms. The van der Waals surface area contributed by atoms with E-state index in [4.69, 9.17) is 9.47 Å². The minimum atomic E-state index is -0.488. The number of amides is 2. The normalized spacial score (nSPS) is 17.2. The van der Waals surface area contributed by atoms with Crippen molar-refractivity contribution >= 4 is 17.7 Å². The molecule has 1 saturated heterocycles. The molecule has 1 aromatic heterocycles. The number of pyridine rings is 1. The fourth-order valence-electron chi connectivity index (χ4n) is 4.15. The zero-order valence-electron chi connectivity index (χ0n) is 19.3. The van der Waals surface area contributed by atoms with Gasteiger partial charge in [-0.1, -0.05) is 6.07 Å². The Balaban J connectivity index is 1.39. The van der Waals surface area contributed by atoms with Gasteiger partial charge in [-0.05, 0) is 56.5 Å². The number of fused-ring (bicyclic) bond motifs is 1. The number of benzene rings is 1. The first kappa shape index (κ1) is 22.1. The first-order chi connectivity index (χ1) is 15.2. The minimum Gasteiger partial charge on any atom is -0.489 e. The van der Waals surface area contributed by atoms with Crippen molar-refractivity contribution in [3.8, 4) is 16.9 Å². The van der Waals surface area contributed by atoms with E-state index in [0.717, 1.165) is 41.8 Å². The lowest BCUT2D eigenvalue weighted by Gasteiger charge is -2.33. The molecule has 1 aromatic carbocycles. The molecule has 0 atom stereocenters. The van der Waals surface area contributed by atoms with Crippen LogP contribution < -0.4 is 9.64 Å². The number of anilines is 1. The molecule has 2 amide bonds. The summed E-state index contributed by atoms with van der Waals surface area (Å²) >= 11 is 0. The van der Waals surface area contributed by atoms with Gasteiger partial charge in [0.05, 0.1) is 6.20 Å². The summed E-state index contributed by atoms with van der Waals surface area (Å²) in [4.78, 5) is 32.0. The van der Waals surface area contributed by atoms with E-state index in [1.807, 2.05) is 52.2 Å². The van der Waals surface area contributed by atoms with Crippen LogP contribution in [0.5, 0.6) is 5.75 Å². The molecule has 4 rings (SSSR count). The van der Waals surface area contributed by atoms with E-state index in [-0.39, 0.29) is 18.1 Å². The van der Waals surface area contributed by atoms with E-state index in [2.05, 4.69) is 11.1 Å². The topological polar surface area (TPSA) is 72.0 Å². The van der Waals surface area contributed by atoms with Crippen LogP contribution in [0.1, 0.15) is 45.6 Å². The number of hydrogen-bond donors (Lipinski definition) is 0. The fraction of sp³-hybridized carbons (Fsp3) is 0.480. The Morgan fingerprint density at radius 3 is 2.53 bits per heavy atom. The highest BCUT2D eigenvalue weighted by atomic mass is 16.6. The van der Waals surface area contributed by atoms with Gasteiger partial charge in [-0.2, -0.15) is 0 Å². The first-order valence-electron chi connectivity index (χ1n) is 11.2. The molecular formula is C25H31N3O4. The van der Waals surface area contributed by atoms with Crippen LogP contribution in [0.25, 0.3) is 11.1 Å². The molecule has 0 saturated carbocycles. The van der Waals surface area contributed by atoms with Crippen molar-refractivity contribution in [2.75, 3.05) is 25.0 Å². The molecule has 0 bridgehead atoms. The summed E-state index contributed by atoms with van der Waals surface area (Å²) in [5.74, 6) is 0.878. The lowest BCUT2D eigenvalue weighted by Crippen LogP contribution is -2.44. The van der Waals surface area contributed by atoms with Gasteiger partial charge in [0, 0.05) is 56.8 Å². The fourth-order valence-corrected chi connectivity index (χ4v) is 4.15. The number of likely N-dealkylation sites (tertiary alicyclic amines) is 1. The Labute approximate surface area is 189 Å². The highest BCUT2D eigenvalue weighted by Gasteiger charge is 2.28. The SMILES string of the molecule is CN1C(=O)CCc2cc(-c3cncc(OC4CCN(C(=O)OC(C)(C)C)CC4)c3)ccc21. The van der Waals surface area contributed by atoms with Crippen LogP contribution in [0.4, 0.5) is 10.5 Å². The zero-order chi connectivity index (χ0) is 22.9. The molecule has 0 aliphatic carbocycles. The summed E-state index contributed by atoms with van der Waals surface area (Å²) in [5, 5.41) is 0. The molecule has 0 N–H and O–H groups in total. The van der Waals surface area contributed by atoms with Gasteiger partial charge in [-0.15, -0.1) is 0 Å².